The standard InChI is InChI=1S/C18H22FN3O2/c19-15-5-3-14(4-6-15)17(13-20)21-7-9-22(10-8-21)18(23)12-16-2-1-11-24-16/h3-6,16-17H,1-2,7-12H2/t16-,17-/m1/s1. The Labute approximate surface area is 141 Å². The SMILES string of the molecule is N#C[C@H](c1ccc(F)cc1)N1CCN(C(=O)C[C@H]2CCCO2)CC1. The number of amides is 1. The fraction of sp³-hybridized carbons (Fsp3) is 0.556. The summed E-state index contributed by atoms with van der Waals surface area (Å²) in [6, 6.07) is 7.94. The van der Waals surface area contributed by atoms with Crippen LogP contribution in [0.1, 0.15) is 30.9 Å². The van der Waals surface area contributed by atoms with Crippen molar-refractivity contribution in [2.75, 3.05) is 32.8 Å². The van der Waals surface area contributed by atoms with Crippen LogP contribution in [0.4, 0.5) is 4.39 Å². The first kappa shape index (κ1) is 16.9. The van der Waals surface area contributed by atoms with E-state index in [4.69, 9.17) is 4.74 Å². The molecule has 2 aliphatic heterocycles. The summed E-state index contributed by atoms with van der Waals surface area (Å²) >= 11 is 0. The Hall–Kier alpha value is -1.97. The Morgan fingerprint density at radius 2 is 2.00 bits per heavy atom. The van der Waals surface area contributed by atoms with Gasteiger partial charge >= 0.3 is 0 Å². The molecule has 2 aliphatic rings. The number of ether oxygens (including phenoxy) is 1. The second kappa shape index (κ2) is 7.73. The zero-order valence-corrected chi connectivity index (χ0v) is 13.7. The van der Waals surface area contributed by atoms with E-state index in [1.54, 1.807) is 12.1 Å². The number of hydrogen-bond donors (Lipinski definition) is 0. The molecule has 0 aromatic heterocycles. The van der Waals surface area contributed by atoms with Crippen LogP contribution in [0.5, 0.6) is 0 Å². The van der Waals surface area contributed by atoms with Gasteiger partial charge in [0.1, 0.15) is 11.9 Å². The quantitative estimate of drug-likeness (QED) is 0.848. The topological polar surface area (TPSA) is 56.6 Å². The normalized spacial score (nSPS) is 23.0. The maximum atomic E-state index is 13.1. The van der Waals surface area contributed by atoms with Crippen molar-refractivity contribution in [1.82, 2.24) is 9.80 Å². The smallest absolute Gasteiger partial charge is 0.225 e. The van der Waals surface area contributed by atoms with Crippen molar-refractivity contribution in [2.45, 2.75) is 31.4 Å². The summed E-state index contributed by atoms with van der Waals surface area (Å²) in [6.07, 6.45) is 2.53. The molecule has 0 unspecified atom stereocenters. The van der Waals surface area contributed by atoms with E-state index in [0.717, 1.165) is 25.0 Å². The van der Waals surface area contributed by atoms with E-state index >= 15 is 0 Å². The van der Waals surface area contributed by atoms with Gasteiger partial charge in [-0.3, -0.25) is 9.69 Å². The van der Waals surface area contributed by atoms with Gasteiger partial charge in [0.15, 0.2) is 0 Å². The van der Waals surface area contributed by atoms with Crippen LogP contribution in [0.15, 0.2) is 24.3 Å². The number of carbonyl (C=O) groups is 1. The van der Waals surface area contributed by atoms with Gasteiger partial charge in [0.2, 0.25) is 5.91 Å². The van der Waals surface area contributed by atoms with E-state index in [1.165, 1.54) is 12.1 Å². The summed E-state index contributed by atoms with van der Waals surface area (Å²) in [7, 11) is 0. The minimum Gasteiger partial charge on any atom is -0.378 e. The predicted octanol–water partition coefficient (Wildman–Crippen LogP) is 2.10. The third kappa shape index (κ3) is 3.92. The fourth-order valence-corrected chi connectivity index (χ4v) is 3.37. The molecule has 0 N–H and O–H groups in total. The molecule has 3 rings (SSSR count). The van der Waals surface area contributed by atoms with Crippen molar-refractivity contribution in [3.05, 3.63) is 35.6 Å². The van der Waals surface area contributed by atoms with Crippen molar-refractivity contribution >= 4 is 5.91 Å². The van der Waals surface area contributed by atoms with E-state index in [1.807, 2.05) is 9.80 Å². The Kier molecular flexibility index (Phi) is 5.44. The molecule has 0 radical (unpaired) electrons. The highest BCUT2D eigenvalue weighted by Crippen LogP contribution is 2.23. The number of nitriles is 1. The van der Waals surface area contributed by atoms with Gasteiger partial charge in [-0.2, -0.15) is 5.26 Å². The van der Waals surface area contributed by atoms with Crippen molar-refractivity contribution in [2.24, 2.45) is 0 Å². The van der Waals surface area contributed by atoms with Crippen LogP contribution in [-0.2, 0) is 9.53 Å². The average molecular weight is 331 g/mol. The fourth-order valence-electron chi connectivity index (χ4n) is 3.37. The first-order chi connectivity index (χ1) is 11.7. The molecule has 2 heterocycles. The molecular formula is C18H22FN3O2. The number of benzene rings is 1. The Balaban J connectivity index is 1.54. The zero-order chi connectivity index (χ0) is 16.9. The molecule has 1 amide bonds. The second-order valence-electron chi connectivity index (χ2n) is 6.34. The first-order valence-electron chi connectivity index (χ1n) is 8.46. The monoisotopic (exact) mass is 331 g/mol. The molecule has 1 aromatic rings. The highest BCUT2D eigenvalue weighted by Gasteiger charge is 2.28. The van der Waals surface area contributed by atoms with Crippen LogP contribution in [-0.4, -0.2) is 54.6 Å². The van der Waals surface area contributed by atoms with Gasteiger partial charge in [0.25, 0.3) is 0 Å². The van der Waals surface area contributed by atoms with E-state index in [0.29, 0.717) is 32.6 Å². The average Bonchev–Trinajstić information content (AvgIpc) is 3.11. The number of rotatable bonds is 4. The zero-order valence-electron chi connectivity index (χ0n) is 13.7. The van der Waals surface area contributed by atoms with Gasteiger partial charge < -0.3 is 9.64 Å². The van der Waals surface area contributed by atoms with Gasteiger partial charge in [0.05, 0.1) is 18.6 Å². The van der Waals surface area contributed by atoms with Crippen molar-refractivity contribution in [1.29, 1.82) is 5.26 Å². The number of nitrogens with zero attached hydrogens (tertiary/aromatic N) is 3. The van der Waals surface area contributed by atoms with Crippen LogP contribution >= 0.6 is 0 Å². The minimum atomic E-state index is -0.402. The molecule has 1 aromatic carbocycles. The third-order valence-corrected chi connectivity index (χ3v) is 4.77. The molecule has 2 atom stereocenters. The van der Waals surface area contributed by atoms with Gasteiger partial charge in [-0.15, -0.1) is 0 Å². The van der Waals surface area contributed by atoms with E-state index < -0.39 is 6.04 Å². The summed E-state index contributed by atoms with van der Waals surface area (Å²) in [5.74, 6) is -0.170. The summed E-state index contributed by atoms with van der Waals surface area (Å²) in [6.45, 7) is 3.28. The van der Waals surface area contributed by atoms with Crippen molar-refractivity contribution < 1.29 is 13.9 Å². The number of halogens is 1. The number of piperazine rings is 1. The molecule has 0 bridgehead atoms. The summed E-state index contributed by atoms with van der Waals surface area (Å²) in [5, 5.41) is 9.48. The second-order valence-corrected chi connectivity index (χ2v) is 6.34. The van der Waals surface area contributed by atoms with Gasteiger partial charge in [-0.05, 0) is 30.5 Å². The van der Waals surface area contributed by atoms with E-state index in [9.17, 15) is 14.4 Å². The molecule has 0 spiro atoms. The van der Waals surface area contributed by atoms with Gasteiger partial charge in [-0.25, -0.2) is 4.39 Å². The lowest BCUT2D eigenvalue weighted by molar-refractivity contribution is -0.135. The van der Waals surface area contributed by atoms with E-state index in [-0.39, 0.29) is 17.8 Å². The van der Waals surface area contributed by atoms with Crippen LogP contribution in [0.3, 0.4) is 0 Å². The predicted molar refractivity (Wildman–Crippen MR) is 86.5 cm³/mol. The lowest BCUT2D eigenvalue weighted by Gasteiger charge is -2.37. The highest BCUT2D eigenvalue weighted by molar-refractivity contribution is 5.76. The maximum absolute atomic E-state index is 13.1. The summed E-state index contributed by atoms with van der Waals surface area (Å²) < 4.78 is 18.6. The van der Waals surface area contributed by atoms with Crippen molar-refractivity contribution in [3.63, 3.8) is 0 Å². The summed E-state index contributed by atoms with van der Waals surface area (Å²) in [4.78, 5) is 16.2. The van der Waals surface area contributed by atoms with Gasteiger partial charge in [-0.1, -0.05) is 12.1 Å². The van der Waals surface area contributed by atoms with E-state index in [2.05, 4.69) is 6.07 Å². The maximum Gasteiger partial charge on any atom is 0.225 e. The lowest BCUT2D eigenvalue weighted by Crippen LogP contribution is -2.50. The minimum absolute atomic E-state index is 0.0709. The third-order valence-electron chi connectivity index (χ3n) is 4.77. The Bertz CT molecular complexity index is 600. The largest absolute Gasteiger partial charge is 0.378 e. The Morgan fingerprint density at radius 3 is 2.58 bits per heavy atom. The molecule has 5 nitrogen and oxygen atoms in total. The molecule has 2 fully saturated rings. The van der Waals surface area contributed by atoms with Crippen LogP contribution < -0.4 is 0 Å². The molecule has 2 saturated heterocycles. The van der Waals surface area contributed by atoms with Crippen LogP contribution in [0.2, 0.25) is 0 Å². The Morgan fingerprint density at radius 1 is 1.29 bits per heavy atom. The number of hydrogen-bond acceptors (Lipinski definition) is 4. The lowest BCUT2D eigenvalue weighted by atomic mass is 10.1. The highest BCUT2D eigenvalue weighted by atomic mass is 19.1. The van der Waals surface area contributed by atoms with Crippen LogP contribution in [0.25, 0.3) is 0 Å². The molecule has 128 valence electrons. The van der Waals surface area contributed by atoms with Crippen molar-refractivity contribution in [3.8, 4) is 6.07 Å². The molecule has 0 aliphatic carbocycles. The molecule has 24 heavy (non-hydrogen) atoms. The summed E-state index contributed by atoms with van der Waals surface area (Å²) in [5.41, 5.74) is 0.790. The molecule has 0 saturated carbocycles. The van der Waals surface area contributed by atoms with Gasteiger partial charge in [0, 0.05) is 32.8 Å². The molecular weight excluding hydrogens is 309 g/mol. The van der Waals surface area contributed by atoms with Crippen LogP contribution in [0, 0.1) is 17.1 Å². The first-order valence-corrected chi connectivity index (χ1v) is 8.46. The number of carbonyl (C=O) groups excluding carboxylic acids is 1. The molecule has 6 heteroatoms.